The predicted octanol–water partition coefficient (Wildman–Crippen LogP) is 0.276. The van der Waals surface area contributed by atoms with Crippen LogP contribution in [0.2, 0.25) is 0 Å². The Labute approximate surface area is 145 Å². The summed E-state index contributed by atoms with van der Waals surface area (Å²) in [6, 6.07) is 0. The van der Waals surface area contributed by atoms with Gasteiger partial charge in [-0.05, 0) is 0 Å². The number of hydrogen-bond donors (Lipinski definition) is 8. The third-order valence-corrected chi connectivity index (χ3v) is 4.19. The highest BCUT2D eigenvalue weighted by molar-refractivity contribution is 7.13. The Morgan fingerprint density at radius 1 is 1.20 bits per heavy atom. The summed E-state index contributed by atoms with van der Waals surface area (Å²) >= 11 is 1.12. The van der Waals surface area contributed by atoms with Gasteiger partial charge in [0.25, 0.3) is 0 Å². The van der Waals surface area contributed by atoms with Crippen LogP contribution in [0.25, 0.3) is 0 Å². The van der Waals surface area contributed by atoms with E-state index in [1.807, 2.05) is 0 Å². The number of benzene rings is 1. The first-order chi connectivity index (χ1) is 11.6. The third kappa shape index (κ3) is 3.52. The van der Waals surface area contributed by atoms with Crippen molar-refractivity contribution in [2.45, 2.75) is 25.6 Å². The van der Waals surface area contributed by atoms with E-state index in [1.54, 1.807) is 5.38 Å². The first kappa shape index (κ1) is 18.6. The van der Waals surface area contributed by atoms with E-state index in [9.17, 15) is 35.4 Å². The molecule has 0 fully saturated rings. The van der Waals surface area contributed by atoms with Gasteiger partial charge >= 0.3 is 0 Å². The number of phenols is 4. The summed E-state index contributed by atoms with van der Waals surface area (Å²) in [7, 11) is 0. The Morgan fingerprint density at radius 3 is 2.20 bits per heavy atom. The summed E-state index contributed by atoms with van der Waals surface area (Å²) < 4.78 is 0. The third-order valence-electron chi connectivity index (χ3n) is 3.46. The number of nitrogen functional groups attached to an aromatic ring is 1. The zero-order valence-corrected chi connectivity index (χ0v) is 13.8. The molecule has 0 atom stereocenters. The number of phenolic OH excluding ortho intramolecular Hbond substituents is 4. The van der Waals surface area contributed by atoms with Gasteiger partial charge in [-0.25, -0.2) is 4.98 Å². The number of rotatable bonds is 5. The van der Waals surface area contributed by atoms with Crippen LogP contribution in [0.3, 0.4) is 0 Å². The summed E-state index contributed by atoms with van der Waals surface area (Å²) in [5, 5.41) is 63.3. The van der Waals surface area contributed by atoms with E-state index in [0.717, 1.165) is 11.3 Å². The molecular weight excluding hydrogens is 354 g/mol. The van der Waals surface area contributed by atoms with Crippen molar-refractivity contribution in [2.75, 3.05) is 11.1 Å². The topological polar surface area (TPSA) is 189 Å². The highest BCUT2D eigenvalue weighted by Crippen LogP contribution is 2.53. The number of aromatic nitrogens is 1. The van der Waals surface area contributed by atoms with Crippen LogP contribution in [-0.2, 0) is 17.0 Å². The van der Waals surface area contributed by atoms with E-state index >= 15 is 0 Å². The van der Waals surface area contributed by atoms with Crippen LogP contribution in [0, 0.1) is 0 Å². The van der Waals surface area contributed by atoms with E-state index < -0.39 is 45.9 Å². The minimum atomic E-state index is -2.70. The number of anilines is 2. The lowest BCUT2D eigenvalue weighted by atomic mass is 9.98. The largest absolute Gasteiger partial charge is 0.504 e. The molecule has 10 nitrogen and oxygen atoms in total. The van der Waals surface area contributed by atoms with Gasteiger partial charge in [0.1, 0.15) is 11.3 Å². The lowest BCUT2D eigenvalue weighted by Crippen LogP contribution is -2.24. The summed E-state index contributed by atoms with van der Waals surface area (Å²) in [6.45, 7) is 1.34. The number of carbonyl (C=O) groups is 1. The van der Waals surface area contributed by atoms with Crippen molar-refractivity contribution in [1.29, 1.82) is 0 Å². The Hall–Kier alpha value is -2.76. The van der Waals surface area contributed by atoms with Crippen LogP contribution in [0.4, 0.5) is 10.8 Å². The number of nitrogens with one attached hydrogen (secondary N) is 1. The molecule has 1 amide bonds. The second-order valence-corrected chi connectivity index (χ2v) is 6.11. The van der Waals surface area contributed by atoms with Gasteiger partial charge in [0.05, 0.1) is 12.1 Å². The first-order valence-electron chi connectivity index (χ1n) is 7.03. The number of nitrogens with zero attached hydrogens (tertiary/aromatic N) is 1. The van der Waals surface area contributed by atoms with Crippen LogP contribution < -0.4 is 11.1 Å². The second-order valence-electron chi connectivity index (χ2n) is 5.22. The van der Waals surface area contributed by atoms with Crippen molar-refractivity contribution >= 4 is 28.1 Å². The van der Waals surface area contributed by atoms with Crippen LogP contribution in [0.5, 0.6) is 23.0 Å². The van der Waals surface area contributed by atoms with E-state index in [2.05, 4.69) is 10.3 Å². The van der Waals surface area contributed by atoms with Crippen LogP contribution >= 0.6 is 11.3 Å². The smallest absolute Gasteiger partial charge is 0.230 e. The zero-order chi connectivity index (χ0) is 18.9. The molecule has 1 aromatic heterocycles. The number of aliphatic hydroxyl groups is 2. The molecule has 2 aromatic rings. The molecule has 136 valence electrons. The Bertz CT molecular complexity index is 790. The van der Waals surface area contributed by atoms with Gasteiger partial charge in [-0.3, -0.25) is 4.79 Å². The van der Waals surface area contributed by atoms with Crippen molar-refractivity contribution in [3.63, 3.8) is 0 Å². The fourth-order valence-corrected chi connectivity index (χ4v) is 2.69. The molecule has 0 spiro atoms. The lowest BCUT2D eigenvalue weighted by Gasteiger charge is -2.24. The quantitative estimate of drug-likeness (QED) is 0.207. The maximum atomic E-state index is 12.0. The molecule has 0 unspecified atom stereocenters. The van der Waals surface area contributed by atoms with E-state index in [4.69, 9.17) is 5.73 Å². The number of thiazole rings is 1. The summed E-state index contributed by atoms with van der Waals surface area (Å²) in [6.07, 6.45) is -0.599. The number of hydrogen-bond acceptors (Lipinski definition) is 10. The van der Waals surface area contributed by atoms with Gasteiger partial charge in [-0.1, -0.05) is 6.92 Å². The SMILES string of the molecule is CCC(O)(O)c1c(O)c(O)c(NC(=O)Cc2csc(N)n2)c(O)c1O. The Kier molecular flexibility index (Phi) is 4.92. The minimum Gasteiger partial charge on any atom is -0.504 e. The van der Waals surface area contributed by atoms with Crippen LogP contribution in [0.15, 0.2) is 5.38 Å². The van der Waals surface area contributed by atoms with Gasteiger partial charge in [0.2, 0.25) is 5.91 Å². The average Bonchev–Trinajstić information content (AvgIpc) is 2.94. The molecule has 11 heteroatoms. The lowest BCUT2D eigenvalue weighted by molar-refractivity contribution is -0.173. The number of carbonyl (C=O) groups excluding carboxylic acids is 1. The predicted molar refractivity (Wildman–Crippen MR) is 88.4 cm³/mol. The maximum absolute atomic E-state index is 12.0. The maximum Gasteiger partial charge on any atom is 0.230 e. The molecule has 0 bridgehead atoms. The molecule has 0 saturated carbocycles. The van der Waals surface area contributed by atoms with Crippen LogP contribution in [-0.4, -0.2) is 41.5 Å². The first-order valence-corrected chi connectivity index (χ1v) is 7.91. The second kappa shape index (κ2) is 6.63. The van der Waals surface area contributed by atoms with Gasteiger partial charge in [-0.15, -0.1) is 11.3 Å². The summed E-state index contributed by atoms with van der Waals surface area (Å²) in [4.78, 5) is 15.9. The van der Waals surface area contributed by atoms with Crippen molar-refractivity contribution in [1.82, 2.24) is 4.98 Å². The van der Waals surface area contributed by atoms with Gasteiger partial charge in [0, 0.05) is 11.8 Å². The van der Waals surface area contributed by atoms with Gasteiger partial charge < -0.3 is 41.7 Å². The normalized spacial score (nSPS) is 11.5. The molecule has 2 rings (SSSR count). The van der Waals surface area contributed by atoms with Crippen molar-refractivity contribution in [3.8, 4) is 23.0 Å². The zero-order valence-electron chi connectivity index (χ0n) is 13.0. The van der Waals surface area contributed by atoms with Crippen molar-refractivity contribution in [3.05, 3.63) is 16.6 Å². The fourth-order valence-electron chi connectivity index (χ4n) is 2.12. The molecule has 9 N–H and O–H groups in total. The van der Waals surface area contributed by atoms with E-state index in [0.29, 0.717) is 5.69 Å². The van der Waals surface area contributed by atoms with Crippen molar-refractivity contribution < 1.29 is 35.4 Å². The Morgan fingerprint density at radius 2 is 1.76 bits per heavy atom. The molecule has 0 radical (unpaired) electrons. The molecule has 0 aliphatic carbocycles. The number of amides is 1. The average molecular weight is 371 g/mol. The molecule has 0 aliphatic heterocycles. The van der Waals surface area contributed by atoms with E-state index in [1.165, 1.54) is 6.92 Å². The molecule has 0 saturated heterocycles. The van der Waals surface area contributed by atoms with Crippen molar-refractivity contribution in [2.24, 2.45) is 0 Å². The molecular formula is C14H17N3O7S. The standard InChI is InChI=1S/C14H17N3O7S/c1-2-14(23,24)7-9(19)11(21)8(12(22)10(7)20)17-6(18)3-5-4-25-13(15)16-5/h4,19-24H,2-3H2,1H3,(H2,15,16)(H,17,18). The van der Waals surface area contributed by atoms with Gasteiger partial charge in [0.15, 0.2) is 33.9 Å². The highest BCUT2D eigenvalue weighted by Gasteiger charge is 2.36. The molecule has 1 aromatic carbocycles. The molecule has 1 heterocycles. The van der Waals surface area contributed by atoms with E-state index in [-0.39, 0.29) is 18.0 Å². The van der Waals surface area contributed by atoms with Gasteiger partial charge in [-0.2, -0.15) is 0 Å². The number of nitrogens with two attached hydrogens (primary N) is 1. The summed E-state index contributed by atoms with van der Waals surface area (Å²) in [5.74, 6) is -7.67. The fraction of sp³-hybridized carbons (Fsp3) is 0.286. The Balaban J connectivity index is 2.37. The molecule has 0 aliphatic rings. The highest BCUT2D eigenvalue weighted by atomic mass is 32.1. The molecule has 25 heavy (non-hydrogen) atoms. The minimum absolute atomic E-state index is 0.241. The monoisotopic (exact) mass is 371 g/mol. The number of aromatic hydroxyl groups is 4. The van der Waals surface area contributed by atoms with Crippen LogP contribution in [0.1, 0.15) is 24.6 Å². The summed E-state index contributed by atoms with van der Waals surface area (Å²) in [5.41, 5.74) is 4.23.